The minimum atomic E-state index is -1.72. The van der Waals surface area contributed by atoms with Crippen molar-refractivity contribution in [3.63, 3.8) is 0 Å². The smallest absolute Gasteiger partial charge is 0.192 e. The Morgan fingerprint density at radius 2 is 1.61 bits per heavy atom. The van der Waals surface area contributed by atoms with E-state index in [1.165, 1.54) is 38.5 Å². The topological polar surface area (TPSA) is 9.23 Å². The molecule has 0 radical (unpaired) electrons. The van der Waals surface area contributed by atoms with E-state index in [4.69, 9.17) is 4.43 Å². The highest BCUT2D eigenvalue weighted by molar-refractivity contribution is 6.74. The molecule has 0 N–H and O–H groups in total. The van der Waals surface area contributed by atoms with Gasteiger partial charge in [0.15, 0.2) is 8.32 Å². The van der Waals surface area contributed by atoms with Crippen LogP contribution in [0, 0.1) is 46.3 Å². The van der Waals surface area contributed by atoms with Crippen molar-refractivity contribution in [1.29, 1.82) is 0 Å². The SMILES string of the molecule is CC(C)[C@@H](C)/C=C/[C@@H](C)[C@@H]1CC[C@@H]2C3=CC=C4C[C@@H](O[Si](C)(C)C(C)(C)C)CC[C@]4(C)[C@@H]3CC[C@@]21C. The van der Waals surface area contributed by atoms with Gasteiger partial charge in [0.1, 0.15) is 0 Å². The van der Waals surface area contributed by atoms with Crippen molar-refractivity contribution in [3.8, 4) is 0 Å². The Morgan fingerprint density at radius 1 is 0.917 bits per heavy atom. The second-order valence-electron chi connectivity index (χ2n) is 15.7. The lowest BCUT2D eigenvalue weighted by atomic mass is 9.50. The third-order valence-electron chi connectivity index (χ3n) is 12.3. The first-order chi connectivity index (χ1) is 16.6. The van der Waals surface area contributed by atoms with Crippen LogP contribution in [0.15, 0.2) is 35.5 Å². The molecule has 0 heterocycles. The van der Waals surface area contributed by atoms with Crippen LogP contribution in [0.2, 0.25) is 18.1 Å². The van der Waals surface area contributed by atoms with Crippen molar-refractivity contribution < 1.29 is 4.43 Å². The van der Waals surface area contributed by atoms with Crippen LogP contribution in [-0.4, -0.2) is 14.4 Å². The Hall–Kier alpha value is -0.603. The van der Waals surface area contributed by atoms with Crippen molar-refractivity contribution in [2.24, 2.45) is 46.3 Å². The van der Waals surface area contributed by atoms with Crippen molar-refractivity contribution in [2.45, 2.75) is 131 Å². The van der Waals surface area contributed by atoms with Gasteiger partial charge in [-0.05, 0) is 109 Å². The van der Waals surface area contributed by atoms with E-state index in [-0.39, 0.29) is 5.04 Å². The highest BCUT2D eigenvalue weighted by atomic mass is 28.4. The van der Waals surface area contributed by atoms with E-state index in [1.807, 2.05) is 5.57 Å². The van der Waals surface area contributed by atoms with E-state index in [2.05, 4.69) is 99.7 Å². The fourth-order valence-electron chi connectivity index (χ4n) is 8.27. The minimum Gasteiger partial charge on any atom is -0.414 e. The lowest BCUT2D eigenvalue weighted by Crippen LogP contribution is -2.49. The van der Waals surface area contributed by atoms with Gasteiger partial charge in [-0.15, -0.1) is 0 Å². The van der Waals surface area contributed by atoms with Gasteiger partial charge >= 0.3 is 0 Å². The molecule has 2 heteroatoms. The molecule has 0 spiro atoms. The van der Waals surface area contributed by atoms with Crippen LogP contribution >= 0.6 is 0 Å². The zero-order valence-electron chi connectivity index (χ0n) is 25.7. The first kappa shape index (κ1) is 28.4. The van der Waals surface area contributed by atoms with Crippen LogP contribution < -0.4 is 0 Å². The largest absolute Gasteiger partial charge is 0.414 e. The summed E-state index contributed by atoms with van der Waals surface area (Å²) in [6, 6.07) is 0. The molecule has 0 amide bonds. The van der Waals surface area contributed by atoms with Gasteiger partial charge in [0.2, 0.25) is 0 Å². The monoisotopic (exact) mass is 510 g/mol. The van der Waals surface area contributed by atoms with E-state index in [9.17, 15) is 0 Å². The van der Waals surface area contributed by atoms with Crippen LogP contribution in [0.4, 0.5) is 0 Å². The average Bonchev–Trinajstić information content (AvgIpc) is 3.13. The molecule has 1 nitrogen and oxygen atoms in total. The fourth-order valence-corrected chi connectivity index (χ4v) is 9.66. The minimum absolute atomic E-state index is 0.285. The number of hydrogen-bond acceptors (Lipinski definition) is 1. The zero-order chi connectivity index (χ0) is 26.7. The van der Waals surface area contributed by atoms with E-state index in [1.54, 1.807) is 5.57 Å². The van der Waals surface area contributed by atoms with Gasteiger partial charge in [0.25, 0.3) is 0 Å². The second-order valence-corrected chi connectivity index (χ2v) is 20.5. The molecular weight excluding hydrogens is 452 g/mol. The number of rotatable bonds is 6. The Kier molecular flexibility index (Phi) is 7.78. The van der Waals surface area contributed by atoms with Gasteiger partial charge < -0.3 is 4.43 Å². The summed E-state index contributed by atoms with van der Waals surface area (Å²) in [4.78, 5) is 0. The van der Waals surface area contributed by atoms with Gasteiger partial charge in [0.05, 0.1) is 0 Å². The molecule has 204 valence electrons. The summed E-state index contributed by atoms with van der Waals surface area (Å²) in [5.41, 5.74) is 4.35. The summed E-state index contributed by atoms with van der Waals surface area (Å²) in [5.74, 6) is 4.46. The summed E-state index contributed by atoms with van der Waals surface area (Å²) < 4.78 is 6.92. The van der Waals surface area contributed by atoms with Crippen LogP contribution in [-0.2, 0) is 4.43 Å². The van der Waals surface area contributed by atoms with Crippen LogP contribution in [0.1, 0.15) is 107 Å². The molecular formula is C34H58OSi. The maximum atomic E-state index is 6.92. The lowest BCUT2D eigenvalue weighted by Gasteiger charge is -2.55. The van der Waals surface area contributed by atoms with Crippen LogP contribution in [0.25, 0.3) is 0 Å². The third kappa shape index (κ3) is 4.92. The van der Waals surface area contributed by atoms with Crippen molar-refractivity contribution >= 4 is 8.32 Å². The average molecular weight is 511 g/mol. The lowest BCUT2D eigenvalue weighted by molar-refractivity contribution is 0.0405. The quantitative estimate of drug-likeness (QED) is 0.255. The Labute approximate surface area is 225 Å². The molecule has 8 atom stereocenters. The maximum absolute atomic E-state index is 6.92. The van der Waals surface area contributed by atoms with Gasteiger partial charge in [-0.25, -0.2) is 0 Å². The molecule has 3 saturated carbocycles. The molecule has 36 heavy (non-hydrogen) atoms. The highest BCUT2D eigenvalue weighted by Crippen LogP contribution is 2.66. The van der Waals surface area contributed by atoms with Gasteiger partial charge in [-0.3, -0.25) is 0 Å². The van der Waals surface area contributed by atoms with Crippen LogP contribution in [0.3, 0.4) is 0 Å². The van der Waals surface area contributed by atoms with Crippen molar-refractivity contribution in [3.05, 3.63) is 35.5 Å². The molecule has 0 aromatic rings. The molecule has 0 bridgehead atoms. The number of allylic oxidation sites excluding steroid dienone is 5. The van der Waals surface area contributed by atoms with Gasteiger partial charge in [-0.2, -0.15) is 0 Å². The third-order valence-corrected chi connectivity index (χ3v) is 16.8. The fraction of sp³-hybridized carbons (Fsp3) is 0.824. The summed E-state index contributed by atoms with van der Waals surface area (Å²) in [6.07, 6.45) is 20.0. The number of fused-ring (bicyclic) bond motifs is 5. The second kappa shape index (κ2) is 9.85. The van der Waals surface area contributed by atoms with Crippen molar-refractivity contribution in [1.82, 2.24) is 0 Å². The van der Waals surface area contributed by atoms with Crippen molar-refractivity contribution in [2.75, 3.05) is 0 Å². The Bertz CT molecular complexity index is 901. The number of hydrogen-bond donors (Lipinski definition) is 0. The Morgan fingerprint density at radius 3 is 2.25 bits per heavy atom. The van der Waals surface area contributed by atoms with Crippen LogP contribution in [0.5, 0.6) is 0 Å². The summed E-state index contributed by atoms with van der Waals surface area (Å²) in [7, 11) is -1.72. The first-order valence-corrected chi connectivity index (χ1v) is 18.3. The first-order valence-electron chi connectivity index (χ1n) is 15.4. The molecule has 4 rings (SSSR count). The van der Waals surface area contributed by atoms with Gasteiger partial charge in [0, 0.05) is 6.10 Å². The molecule has 0 aliphatic heterocycles. The Balaban J connectivity index is 1.52. The van der Waals surface area contributed by atoms with E-state index in [0.29, 0.717) is 28.8 Å². The summed E-state index contributed by atoms with van der Waals surface area (Å²) in [5, 5.41) is 0.285. The molecule has 4 aliphatic rings. The van der Waals surface area contributed by atoms with Gasteiger partial charge in [-0.1, -0.05) is 97.8 Å². The van der Waals surface area contributed by atoms with E-state index >= 15 is 0 Å². The predicted molar refractivity (Wildman–Crippen MR) is 160 cm³/mol. The molecule has 0 saturated heterocycles. The molecule has 3 fully saturated rings. The van der Waals surface area contributed by atoms with E-state index < -0.39 is 8.32 Å². The summed E-state index contributed by atoms with van der Waals surface area (Å²) in [6.45, 7) is 26.8. The summed E-state index contributed by atoms with van der Waals surface area (Å²) >= 11 is 0. The normalized spacial score (nSPS) is 38.8. The standard InChI is InChI=1S/C34H58OSi/c1-23(2)24(3)12-13-25(4)29-16-17-30-28-15-14-26-22-27(35-36(10,11)32(5,6)7)18-20-33(26,8)31(28)19-21-34(29,30)9/h12-15,23-25,27,29-31H,16-22H2,1-11H3/b13-12+/t24-,25+,27-,29-,30+,31+,33-,34+/m0/s1. The molecule has 0 aromatic heterocycles. The zero-order valence-corrected chi connectivity index (χ0v) is 26.7. The maximum Gasteiger partial charge on any atom is 0.192 e. The molecule has 0 aromatic carbocycles. The van der Waals surface area contributed by atoms with E-state index in [0.717, 1.165) is 30.1 Å². The molecule has 0 unspecified atom stereocenters. The predicted octanol–water partition coefficient (Wildman–Crippen LogP) is 10.4. The molecule has 4 aliphatic carbocycles. The highest BCUT2D eigenvalue weighted by Gasteiger charge is 2.57.